The normalized spacial score (nSPS) is 15.3. The van der Waals surface area contributed by atoms with Crippen molar-refractivity contribution in [2.45, 2.75) is 6.54 Å². The molecule has 0 spiro atoms. The molecule has 1 saturated heterocycles. The Kier molecular flexibility index (Phi) is 3.78. The second-order valence-electron chi connectivity index (χ2n) is 4.86. The number of rotatable bonds is 3. The maximum absolute atomic E-state index is 12.1. The fourth-order valence-corrected chi connectivity index (χ4v) is 2.33. The maximum Gasteiger partial charge on any atom is 0.276 e. The summed E-state index contributed by atoms with van der Waals surface area (Å²) in [4.78, 5) is 20.5. The summed E-state index contributed by atoms with van der Waals surface area (Å²) in [6, 6.07) is 3.95. The summed E-state index contributed by atoms with van der Waals surface area (Å²) in [6.07, 6.45) is 3.24. The molecule has 3 heterocycles. The fourth-order valence-electron chi connectivity index (χ4n) is 2.33. The highest BCUT2D eigenvalue weighted by molar-refractivity contribution is 5.92. The number of amides is 1. The highest BCUT2D eigenvalue weighted by Gasteiger charge is 2.24. The fraction of sp³-hybridized carbons (Fsp3) is 0.385. The van der Waals surface area contributed by atoms with Crippen LogP contribution in [0, 0.1) is 0 Å². The number of nitrogens with zero attached hydrogens (tertiary/aromatic N) is 5. The van der Waals surface area contributed by atoms with E-state index in [4.69, 9.17) is 5.73 Å². The van der Waals surface area contributed by atoms with Crippen LogP contribution in [0.2, 0.25) is 0 Å². The van der Waals surface area contributed by atoms with E-state index >= 15 is 0 Å². The number of aromatic nitrogens is 4. The Labute approximate surface area is 121 Å². The summed E-state index contributed by atoms with van der Waals surface area (Å²) in [5.41, 5.74) is 6.93. The van der Waals surface area contributed by atoms with Crippen LogP contribution in [0.4, 0.5) is 5.82 Å². The standard InChI is InChI=1S/C13H17N7O/c14-7-10-1-2-12(15-8-10)19-3-5-20(6-4-19)13(21)11-9-16-18-17-11/h1-2,8-9H,3-7,14H2,(H,16,17,18). The third-order valence-electron chi connectivity index (χ3n) is 3.57. The van der Waals surface area contributed by atoms with Crippen LogP contribution in [0.1, 0.15) is 16.1 Å². The van der Waals surface area contributed by atoms with E-state index in [0.717, 1.165) is 24.5 Å². The molecule has 110 valence electrons. The molecule has 0 aliphatic carbocycles. The van der Waals surface area contributed by atoms with E-state index in [1.807, 2.05) is 12.1 Å². The average molecular weight is 287 g/mol. The van der Waals surface area contributed by atoms with Crippen molar-refractivity contribution >= 4 is 11.7 Å². The van der Waals surface area contributed by atoms with Gasteiger partial charge in [-0.25, -0.2) is 4.98 Å². The van der Waals surface area contributed by atoms with Gasteiger partial charge in [-0.05, 0) is 11.6 Å². The molecule has 1 aliphatic heterocycles. The molecule has 2 aromatic rings. The number of aromatic amines is 1. The Bertz CT molecular complexity index is 587. The molecular formula is C13H17N7O. The molecule has 0 aromatic carbocycles. The molecule has 1 aliphatic rings. The topological polar surface area (TPSA) is 104 Å². The molecule has 0 bridgehead atoms. The van der Waals surface area contributed by atoms with E-state index in [-0.39, 0.29) is 5.91 Å². The van der Waals surface area contributed by atoms with Crippen molar-refractivity contribution in [3.8, 4) is 0 Å². The van der Waals surface area contributed by atoms with Crippen LogP contribution in [0.3, 0.4) is 0 Å². The highest BCUT2D eigenvalue weighted by Crippen LogP contribution is 2.14. The highest BCUT2D eigenvalue weighted by atomic mass is 16.2. The van der Waals surface area contributed by atoms with Gasteiger partial charge in [-0.1, -0.05) is 6.07 Å². The van der Waals surface area contributed by atoms with Gasteiger partial charge in [0.2, 0.25) is 0 Å². The molecule has 0 unspecified atom stereocenters. The first kappa shape index (κ1) is 13.5. The van der Waals surface area contributed by atoms with Crippen molar-refractivity contribution in [1.82, 2.24) is 25.3 Å². The summed E-state index contributed by atoms with van der Waals surface area (Å²) in [6.45, 7) is 3.28. The SMILES string of the molecule is NCc1ccc(N2CCN(C(=O)c3cn[nH]n3)CC2)nc1. The Morgan fingerprint density at radius 1 is 1.24 bits per heavy atom. The van der Waals surface area contributed by atoms with Gasteiger partial charge in [0.15, 0.2) is 5.69 Å². The molecule has 0 atom stereocenters. The molecule has 1 amide bonds. The number of nitrogens with two attached hydrogens (primary N) is 1. The molecule has 3 rings (SSSR count). The predicted octanol–water partition coefficient (Wildman–Crippen LogP) is -0.379. The Balaban J connectivity index is 1.60. The van der Waals surface area contributed by atoms with Gasteiger partial charge in [-0.3, -0.25) is 4.79 Å². The molecule has 3 N–H and O–H groups in total. The molecule has 0 saturated carbocycles. The number of hydrogen-bond acceptors (Lipinski definition) is 6. The van der Waals surface area contributed by atoms with Gasteiger partial charge in [0.1, 0.15) is 5.82 Å². The largest absolute Gasteiger partial charge is 0.353 e. The number of carbonyl (C=O) groups excluding carboxylic acids is 1. The van der Waals surface area contributed by atoms with E-state index in [1.165, 1.54) is 6.20 Å². The lowest BCUT2D eigenvalue weighted by Crippen LogP contribution is -2.49. The van der Waals surface area contributed by atoms with Gasteiger partial charge < -0.3 is 15.5 Å². The first-order chi connectivity index (χ1) is 10.3. The zero-order chi connectivity index (χ0) is 14.7. The zero-order valence-corrected chi connectivity index (χ0v) is 11.6. The van der Waals surface area contributed by atoms with E-state index in [1.54, 1.807) is 11.1 Å². The second-order valence-corrected chi connectivity index (χ2v) is 4.86. The van der Waals surface area contributed by atoms with Crippen LogP contribution in [0.5, 0.6) is 0 Å². The lowest BCUT2D eigenvalue weighted by molar-refractivity contribution is 0.0740. The summed E-state index contributed by atoms with van der Waals surface area (Å²) < 4.78 is 0. The van der Waals surface area contributed by atoms with Gasteiger partial charge in [0, 0.05) is 38.9 Å². The quantitative estimate of drug-likeness (QED) is 0.797. The lowest BCUT2D eigenvalue weighted by atomic mass is 10.2. The van der Waals surface area contributed by atoms with Crippen LogP contribution in [0.25, 0.3) is 0 Å². The van der Waals surface area contributed by atoms with E-state index in [0.29, 0.717) is 25.3 Å². The number of pyridine rings is 1. The third kappa shape index (κ3) is 2.84. The molecule has 1 fully saturated rings. The molecular weight excluding hydrogens is 270 g/mol. The second kappa shape index (κ2) is 5.88. The summed E-state index contributed by atoms with van der Waals surface area (Å²) in [7, 11) is 0. The van der Waals surface area contributed by atoms with E-state index in [2.05, 4.69) is 25.3 Å². The first-order valence-electron chi connectivity index (χ1n) is 6.83. The number of H-pyrrole nitrogens is 1. The van der Waals surface area contributed by atoms with Crippen LogP contribution < -0.4 is 10.6 Å². The maximum atomic E-state index is 12.1. The summed E-state index contributed by atoms with van der Waals surface area (Å²) in [5, 5.41) is 9.94. The van der Waals surface area contributed by atoms with E-state index in [9.17, 15) is 4.79 Å². The minimum absolute atomic E-state index is 0.0881. The van der Waals surface area contributed by atoms with Crippen LogP contribution in [-0.2, 0) is 6.54 Å². The molecule has 2 aromatic heterocycles. The van der Waals surface area contributed by atoms with Crippen molar-refractivity contribution in [3.63, 3.8) is 0 Å². The van der Waals surface area contributed by atoms with Crippen molar-refractivity contribution in [1.29, 1.82) is 0 Å². The number of nitrogens with one attached hydrogen (secondary N) is 1. The lowest BCUT2D eigenvalue weighted by Gasteiger charge is -2.35. The third-order valence-corrected chi connectivity index (χ3v) is 3.57. The van der Waals surface area contributed by atoms with Crippen molar-refractivity contribution in [2.24, 2.45) is 5.73 Å². The van der Waals surface area contributed by atoms with Crippen molar-refractivity contribution < 1.29 is 4.79 Å². The minimum atomic E-state index is -0.0881. The number of carbonyl (C=O) groups is 1. The number of hydrogen-bond donors (Lipinski definition) is 2. The molecule has 8 heteroatoms. The molecule has 0 radical (unpaired) electrons. The van der Waals surface area contributed by atoms with Crippen LogP contribution >= 0.6 is 0 Å². The van der Waals surface area contributed by atoms with E-state index < -0.39 is 0 Å². The predicted molar refractivity (Wildman–Crippen MR) is 76.6 cm³/mol. The smallest absolute Gasteiger partial charge is 0.276 e. The zero-order valence-electron chi connectivity index (χ0n) is 11.6. The molecule has 21 heavy (non-hydrogen) atoms. The Morgan fingerprint density at radius 2 is 2.05 bits per heavy atom. The van der Waals surface area contributed by atoms with Crippen molar-refractivity contribution in [3.05, 3.63) is 35.8 Å². The van der Waals surface area contributed by atoms with Crippen LogP contribution in [0.15, 0.2) is 24.5 Å². The monoisotopic (exact) mass is 287 g/mol. The summed E-state index contributed by atoms with van der Waals surface area (Å²) in [5.74, 6) is 0.829. The Hall–Kier alpha value is -2.48. The molecule has 8 nitrogen and oxygen atoms in total. The van der Waals surface area contributed by atoms with Crippen molar-refractivity contribution in [2.75, 3.05) is 31.1 Å². The van der Waals surface area contributed by atoms with Gasteiger partial charge in [0.25, 0.3) is 5.91 Å². The number of piperazine rings is 1. The summed E-state index contributed by atoms with van der Waals surface area (Å²) >= 11 is 0. The van der Waals surface area contributed by atoms with Crippen LogP contribution in [-0.4, -0.2) is 57.4 Å². The minimum Gasteiger partial charge on any atom is -0.353 e. The average Bonchev–Trinajstić information content (AvgIpc) is 3.09. The number of anilines is 1. The van der Waals surface area contributed by atoms with Gasteiger partial charge >= 0.3 is 0 Å². The first-order valence-corrected chi connectivity index (χ1v) is 6.83. The van der Waals surface area contributed by atoms with Gasteiger partial charge in [-0.15, -0.1) is 0 Å². The van der Waals surface area contributed by atoms with Gasteiger partial charge in [0.05, 0.1) is 6.20 Å². The Morgan fingerprint density at radius 3 is 2.62 bits per heavy atom. The van der Waals surface area contributed by atoms with Gasteiger partial charge in [-0.2, -0.15) is 15.4 Å².